The highest BCUT2D eigenvalue weighted by atomic mass is 35.5. The zero-order chi connectivity index (χ0) is 21.1. The molecule has 0 unspecified atom stereocenters. The zero-order valence-corrected chi connectivity index (χ0v) is 17.1. The van der Waals surface area contributed by atoms with Gasteiger partial charge in [0.15, 0.2) is 17.4 Å². The summed E-state index contributed by atoms with van der Waals surface area (Å²) in [6, 6.07) is 13.5. The molecule has 0 saturated heterocycles. The molecule has 0 radical (unpaired) electrons. The van der Waals surface area contributed by atoms with Crippen LogP contribution in [0.3, 0.4) is 0 Å². The standard InChI is InChI=1S/C24H21ClF2N2O/c25-20-4-1-16(2-5-20)11-24(30)19-9-18(12-28-13-19)15-29(21-6-7-21)14-17-3-8-22(26)23(27)10-17/h1-5,8-10,12-13,21H,6-7,11,14-15H2. The number of pyridine rings is 1. The highest BCUT2D eigenvalue weighted by molar-refractivity contribution is 6.30. The highest BCUT2D eigenvalue weighted by Crippen LogP contribution is 2.30. The van der Waals surface area contributed by atoms with Crippen molar-refractivity contribution >= 4 is 17.4 Å². The molecular weight excluding hydrogens is 406 g/mol. The Kier molecular flexibility index (Phi) is 6.21. The molecule has 0 bridgehead atoms. The largest absolute Gasteiger partial charge is 0.294 e. The molecule has 1 saturated carbocycles. The van der Waals surface area contributed by atoms with Gasteiger partial charge in [-0.15, -0.1) is 0 Å². The number of hydrogen-bond acceptors (Lipinski definition) is 3. The first kappa shape index (κ1) is 20.6. The number of carbonyl (C=O) groups is 1. The van der Waals surface area contributed by atoms with Crippen LogP contribution in [-0.2, 0) is 19.5 Å². The highest BCUT2D eigenvalue weighted by Gasteiger charge is 2.29. The van der Waals surface area contributed by atoms with Crippen LogP contribution in [0.2, 0.25) is 5.02 Å². The van der Waals surface area contributed by atoms with Crippen molar-refractivity contribution in [2.75, 3.05) is 0 Å². The van der Waals surface area contributed by atoms with E-state index in [0.717, 1.165) is 35.6 Å². The second kappa shape index (κ2) is 9.02. The lowest BCUT2D eigenvalue weighted by Crippen LogP contribution is -2.25. The lowest BCUT2D eigenvalue weighted by molar-refractivity contribution is 0.0992. The van der Waals surface area contributed by atoms with E-state index in [9.17, 15) is 13.6 Å². The molecule has 2 aromatic carbocycles. The minimum Gasteiger partial charge on any atom is -0.294 e. The maximum atomic E-state index is 13.6. The number of nitrogens with zero attached hydrogens (tertiary/aromatic N) is 2. The van der Waals surface area contributed by atoms with Crippen LogP contribution in [0.5, 0.6) is 0 Å². The van der Waals surface area contributed by atoms with Crippen molar-refractivity contribution < 1.29 is 13.6 Å². The van der Waals surface area contributed by atoms with E-state index in [0.29, 0.717) is 29.7 Å². The van der Waals surface area contributed by atoms with Crippen LogP contribution >= 0.6 is 11.6 Å². The third-order valence-corrected chi connectivity index (χ3v) is 5.47. The second-order valence-electron chi connectivity index (χ2n) is 7.69. The predicted molar refractivity (Wildman–Crippen MR) is 112 cm³/mol. The molecule has 1 aliphatic rings. The fraction of sp³-hybridized carbons (Fsp3) is 0.250. The van der Waals surface area contributed by atoms with E-state index in [4.69, 9.17) is 11.6 Å². The first-order valence-corrected chi connectivity index (χ1v) is 10.3. The van der Waals surface area contributed by atoms with E-state index < -0.39 is 11.6 Å². The van der Waals surface area contributed by atoms with Gasteiger partial charge in [-0.25, -0.2) is 8.78 Å². The quantitative estimate of drug-likeness (QED) is 0.439. The Morgan fingerprint density at radius 2 is 1.63 bits per heavy atom. The van der Waals surface area contributed by atoms with Gasteiger partial charge in [0.1, 0.15) is 0 Å². The smallest absolute Gasteiger partial charge is 0.168 e. The molecule has 4 rings (SSSR count). The molecule has 0 amide bonds. The summed E-state index contributed by atoms with van der Waals surface area (Å²) in [6.45, 7) is 1.11. The van der Waals surface area contributed by atoms with Gasteiger partial charge in [0.25, 0.3) is 0 Å². The number of aromatic nitrogens is 1. The molecule has 3 aromatic rings. The summed E-state index contributed by atoms with van der Waals surface area (Å²) in [4.78, 5) is 19.1. The van der Waals surface area contributed by atoms with Gasteiger partial charge >= 0.3 is 0 Å². The Balaban J connectivity index is 1.45. The molecule has 154 valence electrons. The lowest BCUT2D eigenvalue weighted by atomic mass is 10.0. The van der Waals surface area contributed by atoms with Crippen LogP contribution in [0.25, 0.3) is 0 Å². The SMILES string of the molecule is O=C(Cc1ccc(Cl)cc1)c1cncc(CN(Cc2ccc(F)c(F)c2)C2CC2)c1. The average molecular weight is 427 g/mol. The van der Waals surface area contributed by atoms with Crippen molar-refractivity contribution in [2.24, 2.45) is 0 Å². The van der Waals surface area contributed by atoms with Crippen LogP contribution < -0.4 is 0 Å². The van der Waals surface area contributed by atoms with Crippen LogP contribution in [-0.4, -0.2) is 21.7 Å². The normalized spacial score (nSPS) is 13.6. The number of rotatable bonds is 8. The van der Waals surface area contributed by atoms with E-state index in [2.05, 4.69) is 9.88 Å². The summed E-state index contributed by atoms with van der Waals surface area (Å²) in [5, 5.41) is 0.635. The summed E-state index contributed by atoms with van der Waals surface area (Å²) in [7, 11) is 0. The minimum absolute atomic E-state index is 0.00903. The van der Waals surface area contributed by atoms with Gasteiger partial charge in [-0.05, 0) is 59.9 Å². The molecule has 1 fully saturated rings. The van der Waals surface area contributed by atoms with Gasteiger partial charge in [0.2, 0.25) is 0 Å². The van der Waals surface area contributed by atoms with Gasteiger partial charge in [-0.3, -0.25) is 14.7 Å². The number of hydrogen-bond donors (Lipinski definition) is 0. The van der Waals surface area contributed by atoms with Gasteiger partial charge in [-0.1, -0.05) is 29.8 Å². The molecule has 6 heteroatoms. The van der Waals surface area contributed by atoms with E-state index in [1.54, 1.807) is 30.6 Å². The zero-order valence-electron chi connectivity index (χ0n) is 16.3. The molecule has 0 spiro atoms. The lowest BCUT2D eigenvalue weighted by Gasteiger charge is -2.22. The fourth-order valence-corrected chi connectivity index (χ4v) is 3.60. The molecule has 1 aromatic heterocycles. The molecule has 0 atom stereocenters. The summed E-state index contributed by atoms with van der Waals surface area (Å²) >= 11 is 5.90. The number of benzene rings is 2. The Morgan fingerprint density at radius 1 is 0.933 bits per heavy atom. The Hall–Kier alpha value is -2.63. The fourth-order valence-electron chi connectivity index (χ4n) is 3.48. The first-order valence-electron chi connectivity index (χ1n) is 9.87. The van der Waals surface area contributed by atoms with E-state index in [1.807, 2.05) is 18.2 Å². The Labute approximate surface area is 179 Å². The molecule has 3 nitrogen and oxygen atoms in total. The molecule has 1 aliphatic carbocycles. The third-order valence-electron chi connectivity index (χ3n) is 5.21. The van der Waals surface area contributed by atoms with Gasteiger partial charge in [0.05, 0.1) is 0 Å². The van der Waals surface area contributed by atoms with Crippen molar-refractivity contribution in [1.29, 1.82) is 0 Å². The molecule has 30 heavy (non-hydrogen) atoms. The summed E-state index contributed by atoms with van der Waals surface area (Å²) in [5.41, 5.74) is 3.11. The van der Waals surface area contributed by atoms with Crippen LogP contribution in [0, 0.1) is 11.6 Å². The molecular formula is C24H21ClF2N2O. The number of carbonyl (C=O) groups excluding carboxylic acids is 1. The van der Waals surface area contributed by atoms with Gasteiger partial charge < -0.3 is 0 Å². The van der Waals surface area contributed by atoms with Crippen molar-refractivity contribution in [3.63, 3.8) is 0 Å². The van der Waals surface area contributed by atoms with E-state index in [-0.39, 0.29) is 12.2 Å². The van der Waals surface area contributed by atoms with E-state index in [1.165, 1.54) is 6.07 Å². The number of Topliss-reactive ketones (excluding diaryl/α,β-unsaturated/α-hetero) is 1. The maximum Gasteiger partial charge on any atom is 0.168 e. The van der Waals surface area contributed by atoms with Crippen molar-refractivity contribution in [3.05, 3.63) is 99.8 Å². The third kappa shape index (κ3) is 5.29. The molecule has 1 heterocycles. The average Bonchev–Trinajstić information content (AvgIpc) is 3.57. The Bertz CT molecular complexity index is 1050. The second-order valence-corrected chi connectivity index (χ2v) is 8.13. The van der Waals surface area contributed by atoms with Crippen LogP contribution in [0.15, 0.2) is 60.9 Å². The Morgan fingerprint density at radius 3 is 2.33 bits per heavy atom. The molecule has 0 aliphatic heterocycles. The summed E-state index contributed by atoms with van der Waals surface area (Å²) in [6.07, 6.45) is 5.76. The van der Waals surface area contributed by atoms with Crippen molar-refractivity contribution in [1.82, 2.24) is 9.88 Å². The molecule has 0 N–H and O–H groups in total. The monoisotopic (exact) mass is 426 g/mol. The van der Waals surface area contributed by atoms with E-state index >= 15 is 0 Å². The maximum absolute atomic E-state index is 13.6. The van der Waals surface area contributed by atoms with Crippen LogP contribution in [0.4, 0.5) is 8.78 Å². The van der Waals surface area contributed by atoms with Gasteiger partial charge in [-0.2, -0.15) is 0 Å². The van der Waals surface area contributed by atoms with Crippen molar-refractivity contribution in [3.8, 4) is 0 Å². The van der Waals surface area contributed by atoms with Gasteiger partial charge in [0, 0.05) is 48.5 Å². The number of ketones is 1. The summed E-state index contributed by atoms with van der Waals surface area (Å²) < 4.78 is 26.8. The number of halogens is 3. The van der Waals surface area contributed by atoms with Crippen LogP contribution in [0.1, 0.15) is 39.9 Å². The van der Waals surface area contributed by atoms with Crippen molar-refractivity contribution in [2.45, 2.75) is 38.4 Å². The summed E-state index contributed by atoms with van der Waals surface area (Å²) in [5.74, 6) is -1.68. The first-order chi connectivity index (χ1) is 14.5. The minimum atomic E-state index is -0.840. The predicted octanol–water partition coefficient (Wildman–Crippen LogP) is 5.60. The topological polar surface area (TPSA) is 33.2 Å².